The van der Waals surface area contributed by atoms with Crippen molar-refractivity contribution in [1.29, 1.82) is 10.5 Å². The minimum atomic E-state index is -1.25. The van der Waals surface area contributed by atoms with Gasteiger partial charge in [0.05, 0.1) is 30.4 Å². The van der Waals surface area contributed by atoms with E-state index in [0.717, 1.165) is 28.7 Å². The number of halogens is 1. The third-order valence-electron chi connectivity index (χ3n) is 6.44. The van der Waals surface area contributed by atoms with Crippen molar-refractivity contribution in [3.05, 3.63) is 54.4 Å². The predicted molar refractivity (Wildman–Crippen MR) is 123 cm³/mol. The summed E-state index contributed by atoms with van der Waals surface area (Å²) >= 11 is 0. The summed E-state index contributed by atoms with van der Waals surface area (Å²) in [6, 6.07) is 7.75. The van der Waals surface area contributed by atoms with Crippen LogP contribution in [0, 0.1) is 28.6 Å². The van der Waals surface area contributed by atoms with Gasteiger partial charge in [-0.1, -0.05) is 0 Å². The Morgan fingerprint density at radius 2 is 2.15 bits per heavy atom. The van der Waals surface area contributed by atoms with Gasteiger partial charge < -0.3 is 9.88 Å². The third-order valence-corrected chi connectivity index (χ3v) is 6.44. The number of hydrogen-bond acceptors (Lipinski definition) is 7. The number of rotatable bonds is 6. The van der Waals surface area contributed by atoms with Gasteiger partial charge in [0.2, 0.25) is 0 Å². The first kappa shape index (κ1) is 21.5. The molecule has 0 spiro atoms. The fourth-order valence-corrected chi connectivity index (χ4v) is 4.76. The maximum atomic E-state index is 14.0. The third kappa shape index (κ3) is 3.73. The van der Waals surface area contributed by atoms with Crippen LogP contribution in [0.25, 0.3) is 22.3 Å². The highest BCUT2D eigenvalue weighted by atomic mass is 19.1. The van der Waals surface area contributed by atoms with Crippen LogP contribution >= 0.6 is 0 Å². The molecule has 1 aliphatic rings. The Balaban J connectivity index is 1.42. The van der Waals surface area contributed by atoms with E-state index in [2.05, 4.69) is 37.2 Å². The molecule has 1 aliphatic heterocycles. The number of nitrogens with zero attached hydrogens (tertiary/aromatic N) is 8. The van der Waals surface area contributed by atoms with Gasteiger partial charge in [-0.25, -0.2) is 19.3 Å². The number of anilines is 1. The molecule has 1 N–H and O–H groups in total. The summed E-state index contributed by atoms with van der Waals surface area (Å²) in [6.45, 7) is 2.69. The molecule has 9 nitrogen and oxygen atoms in total. The molecule has 0 radical (unpaired) electrons. The summed E-state index contributed by atoms with van der Waals surface area (Å²) in [4.78, 5) is 18.2. The van der Waals surface area contributed by atoms with Crippen LogP contribution in [0.2, 0.25) is 0 Å². The Kier molecular flexibility index (Phi) is 5.64. The molecular formula is C24H22FN9. The second-order valence-electron chi connectivity index (χ2n) is 8.42. The van der Waals surface area contributed by atoms with Gasteiger partial charge in [0.1, 0.15) is 35.6 Å². The van der Waals surface area contributed by atoms with Crippen LogP contribution in [0.1, 0.15) is 43.1 Å². The molecule has 170 valence electrons. The predicted octanol–water partition coefficient (Wildman–Crippen LogP) is 4.10. The van der Waals surface area contributed by atoms with Crippen LogP contribution in [-0.2, 0) is 0 Å². The summed E-state index contributed by atoms with van der Waals surface area (Å²) in [5, 5.41) is 24.7. The summed E-state index contributed by atoms with van der Waals surface area (Å²) in [6.07, 6.45) is 8.40. The number of aromatic nitrogens is 6. The number of nitriles is 2. The molecule has 3 unspecified atom stereocenters. The highest BCUT2D eigenvalue weighted by Crippen LogP contribution is 2.36. The van der Waals surface area contributed by atoms with E-state index in [1.165, 1.54) is 13.3 Å². The topological polar surface area (TPSA) is 123 Å². The first-order valence-electron chi connectivity index (χ1n) is 11.1. The average Bonchev–Trinajstić information content (AvgIpc) is 3.62. The van der Waals surface area contributed by atoms with Crippen LogP contribution in [0.3, 0.4) is 0 Å². The maximum absolute atomic E-state index is 14.0. The molecule has 3 atom stereocenters. The van der Waals surface area contributed by atoms with Crippen molar-refractivity contribution in [2.24, 2.45) is 5.92 Å². The number of hydrogen-bond donors (Lipinski definition) is 1. The molecule has 4 aromatic rings. The highest BCUT2D eigenvalue weighted by Gasteiger charge is 2.33. The van der Waals surface area contributed by atoms with Crippen LogP contribution in [-0.4, -0.2) is 42.8 Å². The summed E-state index contributed by atoms with van der Waals surface area (Å²) < 4.78 is 15.9. The minimum Gasteiger partial charge on any atom is -0.355 e. The van der Waals surface area contributed by atoms with Crippen molar-refractivity contribution >= 4 is 16.9 Å². The van der Waals surface area contributed by atoms with Crippen LogP contribution in [0.4, 0.5) is 10.2 Å². The monoisotopic (exact) mass is 455 g/mol. The summed E-state index contributed by atoms with van der Waals surface area (Å²) in [7, 11) is 0. The van der Waals surface area contributed by atoms with Crippen molar-refractivity contribution < 1.29 is 4.39 Å². The molecule has 10 heteroatoms. The van der Waals surface area contributed by atoms with Gasteiger partial charge in [0.15, 0.2) is 0 Å². The molecule has 5 heterocycles. The van der Waals surface area contributed by atoms with E-state index in [-0.39, 0.29) is 17.5 Å². The Labute approximate surface area is 195 Å². The Hall–Kier alpha value is -4.31. The SMILES string of the molecule is CC(F)c1ccnc(N2CCC(C(CC#N)n3cc(-c4ncnc5[nH]ccc45)cn3)C2)c1C#N. The molecule has 5 rings (SSSR count). The van der Waals surface area contributed by atoms with Crippen LogP contribution in [0.15, 0.2) is 43.2 Å². The van der Waals surface area contributed by atoms with E-state index in [4.69, 9.17) is 0 Å². The number of nitrogens with one attached hydrogen (secondary N) is 1. The molecule has 0 bridgehead atoms. The molecule has 34 heavy (non-hydrogen) atoms. The molecule has 0 aromatic carbocycles. The lowest BCUT2D eigenvalue weighted by Gasteiger charge is -2.24. The molecule has 0 saturated carbocycles. The van der Waals surface area contributed by atoms with Gasteiger partial charge in [-0.05, 0) is 25.5 Å². The van der Waals surface area contributed by atoms with Crippen LogP contribution in [0.5, 0.6) is 0 Å². The number of H-pyrrole nitrogens is 1. The fourth-order valence-electron chi connectivity index (χ4n) is 4.76. The van der Waals surface area contributed by atoms with E-state index in [0.29, 0.717) is 30.9 Å². The molecular weight excluding hydrogens is 433 g/mol. The summed E-state index contributed by atoms with van der Waals surface area (Å²) in [5.74, 6) is 0.615. The average molecular weight is 456 g/mol. The largest absolute Gasteiger partial charge is 0.355 e. The summed E-state index contributed by atoms with van der Waals surface area (Å²) in [5.41, 5.74) is 3.00. The number of pyridine rings is 1. The van der Waals surface area contributed by atoms with E-state index in [9.17, 15) is 14.9 Å². The van der Waals surface area contributed by atoms with Crippen LogP contribution < -0.4 is 4.90 Å². The molecule has 0 aliphatic carbocycles. The van der Waals surface area contributed by atoms with Gasteiger partial charge in [-0.2, -0.15) is 15.6 Å². The Morgan fingerprint density at radius 3 is 2.94 bits per heavy atom. The second kappa shape index (κ2) is 8.91. The zero-order chi connectivity index (χ0) is 23.7. The molecule has 0 amide bonds. The number of fused-ring (bicyclic) bond motifs is 1. The first-order valence-corrected chi connectivity index (χ1v) is 11.1. The van der Waals surface area contributed by atoms with Crippen molar-refractivity contribution in [2.45, 2.75) is 32.0 Å². The Morgan fingerprint density at radius 1 is 1.26 bits per heavy atom. The van der Waals surface area contributed by atoms with E-state index in [1.54, 1.807) is 18.5 Å². The van der Waals surface area contributed by atoms with Gasteiger partial charge in [-0.3, -0.25) is 4.68 Å². The lowest BCUT2D eigenvalue weighted by molar-refractivity contribution is 0.332. The smallest absolute Gasteiger partial charge is 0.146 e. The van der Waals surface area contributed by atoms with Gasteiger partial charge in [0.25, 0.3) is 0 Å². The van der Waals surface area contributed by atoms with E-state index >= 15 is 0 Å². The number of aromatic amines is 1. The quantitative estimate of drug-likeness (QED) is 0.464. The van der Waals surface area contributed by atoms with Crippen molar-refractivity contribution in [1.82, 2.24) is 29.7 Å². The van der Waals surface area contributed by atoms with Gasteiger partial charge in [0, 0.05) is 54.1 Å². The molecule has 1 saturated heterocycles. The molecule has 4 aromatic heterocycles. The highest BCUT2D eigenvalue weighted by molar-refractivity contribution is 5.89. The fraction of sp³-hybridized carbons (Fsp3) is 0.333. The van der Waals surface area contributed by atoms with Crippen molar-refractivity contribution in [3.63, 3.8) is 0 Å². The lowest BCUT2D eigenvalue weighted by Crippen LogP contribution is -2.26. The van der Waals surface area contributed by atoms with E-state index < -0.39 is 6.17 Å². The maximum Gasteiger partial charge on any atom is 0.146 e. The van der Waals surface area contributed by atoms with Crippen molar-refractivity contribution in [3.8, 4) is 23.4 Å². The van der Waals surface area contributed by atoms with E-state index in [1.807, 2.05) is 28.0 Å². The lowest BCUT2D eigenvalue weighted by atomic mass is 9.96. The normalized spacial score (nSPS) is 17.4. The molecule has 1 fully saturated rings. The first-order chi connectivity index (χ1) is 16.6. The van der Waals surface area contributed by atoms with Gasteiger partial charge >= 0.3 is 0 Å². The Bertz CT molecular complexity index is 1410. The number of alkyl halides is 1. The standard InChI is InChI=1S/C24H22FN9/c1-15(25)18-3-8-29-24(20(18)10-27)33-9-5-16(12-33)21(2-6-26)34-13-17(11-32-34)22-19-4-7-28-23(19)31-14-30-22/h3-4,7-8,11,13-16,21H,2,5,9,12H2,1H3,(H,28,30,31). The zero-order valence-corrected chi connectivity index (χ0v) is 18.6. The second-order valence-corrected chi connectivity index (χ2v) is 8.42. The van der Waals surface area contributed by atoms with Gasteiger partial charge in [-0.15, -0.1) is 0 Å². The minimum absolute atomic E-state index is 0.116. The van der Waals surface area contributed by atoms with Crippen molar-refractivity contribution in [2.75, 3.05) is 18.0 Å². The zero-order valence-electron chi connectivity index (χ0n) is 18.6.